The molecule has 4 nitrogen and oxygen atoms in total. The fourth-order valence-corrected chi connectivity index (χ4v) is 2.90. The van der Waals surface area contributed by atoms with Crippen LogP contribution in [0.3, 0.4) is 0 Å². The Morgan fingerprint density at radius 1 is 1.44 bits per heavy atom. The minimum atomic E-state index is -2.95. The minimum Gasteiger partial charge on any atom is -0.309 e. The number of nitrogens with zero attached hydrogens (tertiary/aromatic N) is 1. The standard InChI is InChI=1S/C11H14N2O2S/c14-16(15)8-5-11(9-16)13-7-4-10-3-1-2-6-12-10/h1-3,5-6,8,11,13H,4,7,9H2. The zero-order chi connectivity index (χ0) is 11.4. The molecule has 0 radical (unpaired) electrons. The number of hydrogen-bond donors (Lipinski definition) is 1. The number of rotatable bonds is 4. The van der Waals surface area contributed by atoms with Gasteiger partial charge in [-0.3, -0.25) is 4.98 Å². The molecule has 16 heavy (non-hydrogen) atoms. The maximum Gasteiger partial charge on any atom is 0.173 e. The SMILES string of the molecule is O=S1(=O)C=CC(NCCc2ccccn2)C1. The number of sulfone groups is 1. The number of nitrogens with one attached hydrogen (secondary N) is 1. The van der Waals surface area contributed by atoms with Crippen LogP contribution in [0, 0.1) is 0 Å². The third-order valence-corrected chi connectivity index (χ3v) is 3.84. The van der Waals surface area contributed by atoms with E-state index < -0.39 is 9.84 Å². The van der Waals surface area contributed by atoms with E-state index >= 15 is 0 Å². The van der Waals surface area contributed by atoms with Crippen molar-refractivity contribution >= 4 is 9.84 Å². The van der Waals surface area contributed by atoms with E-state index in [1.54, 1.807) is 12.3 Å². The van der Waals surface area contributed by atoms with E-state index in [4.69, 9.17) is 0 Å². The molecule has 2 rings (SSSR count). The highest BCUT2D eigenvalue weighted by Crippen LogP contribution is 2.07. The van der Waals surface area contributed by atoms with Gasteiger partial charge in [-0.25, -0.2) is 8.42 Å². The molecule has 0 saturated heterocycles. The van der Waals surface area contributed by atoms with Crippen LogP contribution < -0.4 is 5.32 Å². The van der Waals surface area contributed by atoms with Gasteiger partial charge in [-0.05, 0) is 12.1 Å². The first-order valence-corrected chi connectivity index (χ1v) is 6.91. The second-order valence-corrected chi connectivity index (χ2v) is 5.72. The molecule has 0 amide bonds. The summed E-state index contributed by atoms with van der Waals surface area (Å²) in [6.45, 7) is 0.738. The van der Waals surface area contributed by atoms with Crippen LogP contribution in [0.1, 0.15) is 5.69 Å². The van der Waals surface area contributed by atoms with E-state index in [2.05, 4.69) is 10.3 Å². The highest BCUT2D eigenvalue weighted by Gasteiger charge is 2.20. The molecular formula is C11H14N2O2S. The van der Waals surface area contributed by atoms with Crippen molar-refractivity contribution in [2.75, 3.05) is 12.3 Å². The van der Waals surface area contributed by atoms with Crippen molar-refractivity contribution in [3.63, 3.8) is 0 Å². The number of pyridine rings is 1. The Bertz CT molecular complexity index is 468. The van der Waals surface area contributed by atoms with E-state index in [0.717, 1.165) is 18.7 Å². The van der Waals surface area contributed by atoms with Crippen LogP contribution in [0.25, 0.3) is 0 Å². The average molecular weight is 238 g/mol. The molecule has 1 atom stereocenters. The summed E-state index contributed by atoms with van der Waals surface area (Å²) < 4.78 is 22.3. The van der Waals surface area contributed by atoms with Crippen LogP contribution in [0.4, 0.5) is 0 Å². The molecular weight excluding hydrogens is 224 g/mol. The molecule has 0 aliphatic carbocycles. The van der Waals surface area contributed by atoms with Gasteiger partial charge in [0, 0.05) is 36.3 Å². The van der Waals surface area contributed by atoms with E-state index in [1.807, 2.05) is 18.2 Å². The van der Waals surface area contributed by atoms with Gasteiger partial charge in [-0.2, -0.15) is 0 Å². The van der Waals surface area contributed by atoms with Crippen molar-refractivity contribution in [3.05, 3.63) is 41.6 Å². The molecule has 1 aliphatic rings. The number of hydrogen-bond acceptors (Lipinski definition) is 4. The highest BCUT2D eigenvalue weighted by molar-refractivity contribution is 7.94. The third kappa shape index (κ3) is 3.15. The summed E-state index contributed by atoms with van der Waals surface area (Å²) in [4.78, 5) is 4.20. The van der Waals surface area contributed by atoms with Crippen LogP contribution in [0.5, 0.6) is 0 Å². The lowest BCUT2D eigenvalue weighted by Gasteiger charge is -2.08. The Hall–Kier alpha value is -1.20. The lowest BCUT2D eigenvalue weighted by atomic mass is 10.2. The predicted octanol–water partition coefficient (Wildman–Crippen LogP) is 0.524. The summed E-state index contributed by atoms with van der Waals surface area (Å²) in [5, 5.41) is 4.46. The van der Waals surface area contributed by atoms with Crippen LogP contribution in [-0.2, 0) is 16.3 Å². The molecule has 1 aliphatic heterocycles. The zero-order valence-electron chi connectivity index (χ0n) is 8.83. The lowest BCUT2D eigenvalue weighted by molar-refractivity contribution is 0.590. The fourth-order valence-electron chi connectivity index (χ4n) is 1.63. The molecule has 1 unspecified atom stereocenters. The highest BCUT2D eigenvalue weighted by atomic mass is 32.2. The molecule has 86 valence electrons. The summed E-state index contributed by atoms with van der Waals surface area (Å²) in [7, 11) is -2.95. The topological polar surface area (TPSA) is 59.1 Å². The fraction of sp³-hybridized carbons (Fsp3) is 0.364. The van der Waals surface area contributed by atoms with Gasteiger partial charge in [0.15, 0.2) is 9.84 Å². The Morgan fingerprint density at radius 2 is 2.31 bits per heavy atom. The summed E-state index contributed by atoms with van der Waals surface area (Å²) >= 11 is 0. The Kier molecular flexibility index (Phi) is 3.36. The van der Waals surface area contributed by atoms with Gasteiger partial charge in [0.25, 0.3) is 0 Å². The van der Waals surface area contributed by atoms with Crippen LogP contribution >= 0.6 is 0 Å². The molecule has 5 heteroatoms. The average Bonchev–Trinajstić information content (AvgIpc) is 2.60. The molecule has 2 heterocycles. The van der Waals surface area contributed by atoms with Gasteiger partial charge in [0.2, 0.25) is 0 Å². The van der Waals surface area contributed by atoms with E-state index in [-0.39, 0.29) is 11.8 Å². The first-order valence-electron chi connectivity index (χ1n) is 5.20. The van der Waals surface area contributed by atoms with Gasteiger partial charge >= 0.3 is 0 Å². The molecule has 0 bridgehead atoms. The summed E-state index contributed by atoms with van der Waals surface area (Å²) in [5.41, 5.74) is 1.01. The van der Waals surface area contributed by atoms with Crippen molar-refractivity contribution in [1.29, 1.82) is 0 Å². The smallest absolute Gasteiger partial charge is 0.173 e. The van der Waals surface area contributed by atoms with Gasteiger partial charge in [0.1, 0.15) is 0 Å². The summed E-state index contributed by atoms with van der Waals surface area (Å²) in [6.07, 6.45) is 4.27. The van der Waals surface area contributed by atoms with Gasteiger partial charge in [0.05, 0.1) is 5.75 Å². The van der Waals surface area contributed by atoms with E-state index in [0.29, 0.717) is 0 Å². The summed E-state index contributed by atoms with van der Waals surface area (Å²) in [5.74, 6) is 0.176. The summed E-state index contributed by atoms with van der Waals surface area (Å²) in [6, 6.07) is 5.74. The van der Waals surface area contributed by atoms with E-state index in [1.165, 1.54) is 5.41 Å². The molecule has 0 aromatic carbocycles. The predicted molar refractivity (Wildman–Crippen MR) is 62.7 cm³/mol. The normalized spacial score (nSPS) is 22.4. The van der Waals surface area contributed by atoms with Crippen LogP contribution in [-0.4, -0.2) is 31.7 Å². The maximum absolute atomic E-state index is 11.1. The Labute approximate surface area is 95.3 Å². The molecule has 1 aromatic heterocycles. The van der Waals surface area contributed by atoms with E-state index in [9.17, 15) is 8.42 Å². The van der Waals surface area contributed by atoms with Gasteiger partial charge < -0.3 is 5.32 Å². The maximum atomic E-state index is 11.1. The second kappa shape index (κ2) is 4.76. The quantitative estimate of drug-likeness (QED) is 0.831. The molecule has 1 aromatic rings. The number of aromatic nitrogens is 1. The van der Waals surface area contributed by atoms with Crippen molar-refractivity contribution in [3.8, 4) is 0 Å². The Balaban J connectivity index is 1.76. The van der Waals surface area contributed by atoms with Crippen molar-refractivity contribution in [2.24, 2.45) is 0 Å². The van der Waals surface area contributed by atoms with Crippen molar-refractivity contribution < 1.29 is 8.42 Å². The van der Waals surface area contributed by atoms with Crippen molar-refractivity contribution in [1.82, 2.24) is 10.3 Å². The largest absolute Gasteiger partial charge is 0.309 e. The molecule has 1 N–H and O–H groups in total. The third-order valence-electron chi connectivity index (χ3n) is 2.44. The van der Waals surface area contributed by atoms with Gasteiger partial charge in [-0.15, -0.1) is 0 Å². The first-order chi connectivity index (χ1) is 7.66. The van der Waals surface area contributed by atoms with Crippen molar-refractivity contribution in [2.45, 2.75) is 12.5 Å². The van der Waals surface area contributed by atoms with Crippen LogP contribution in [0.2, 0.25) is 0 Å². The molecule has 0 spiro atoms. The molecule has 0 saturated carbocycles. The zero-order valence-corrected chi connectivity index (χ0v) is 9.65. The second-order valence-electron chi connectivity index (χ2n) is 3.79. The molecule has 0 fully saturated rings. The monoisotopic (exact) mass is 238 g/mol. The van der Waals surface area contributed by atoms with Crippen LogP contribution in [0.15, 0.2) is 35.9 Å². The lowest BCUT2D eigenvalue weighted by Crippen LogP contribution is -2.31. The minimum absolute atomic E-state index is 0.0475. The Morgan fingerprint density at radius 3 is 2.94 bits per heavy atom. The van der Waals surface area contributed by atoms with Gasteiger partial charge in [-0.1, -0.05) is 12.1 Å². The first kappa shape index (κ1) is 11.3.